The number of amides is 1. The lowest BCUT2D eigenvalue weighted by molar-refractivity contribution is 0.102. The van der Waals surface area contributed by atoms with Crippen LogP contribution in [0.4, 0.5) is 5.69 Å². The van der Waals surface area contributed by atoms with Crippen molar-refractivity contribution >= 4 is 55.8 Å². The molecule has 8 heteroatoms. The number of hydrogen-bond acceptors (Lipinski definition) is 3. The predicted octanol–water partition coefficient (Wildman–Crippen LogP) is 2.84. The van der Waals surface area contributed by atoms with E-state index < -0.39 is 10.0 Å². The number of carbonyl (C=O) groups is 1. The summed E-state index contributed by atoms with van der Waals surface area (Å²) in [6.07, 6.45) is 0. The van der Waals surface area contributed by atoms with Crippen LogP contribution in [0, 0.1) is 3.57 Å². The molecule has 0 saturated heterocycles. The first-order valence-electron chi connectivity index (χ1n) is 5.66. The second kappa shape index (κ2) is 6.30. The Bertz CT molecular complexity index is 809. The Morgan fingerprint density at radius 2 is 1.90 bits per heavy atom. The zero-order valence-corrected chi connectivity index (χ0v) is 14.2. The van der Waals surface area contributed by atoms with Gasteiger partial charge in [0.25, 0.3) is 5.91 Å². The highest BCUT2D eigenvalue weighted by atomic mass is 127. The maximum Gasteiger partial charge on any atom is 0.255 e. The molecule has 2 aromatic rings. The fourth-order valence-corrected chi connectivity index (χ4v) is 2.67. The Kier molecular flexibility index (Phi) is 4.87. The maximum atomic E-state index is 12.1. The van der Waals surface area contributed by atoms with E-state index in [9.17, 15) is 13.2 Å². The van der Waals surface area contributed by atoms with E-state index in [1.807, 2.05) is 0 Å². The Balaban J connectivity index is 2.25. The number of benzene rings is 2. The van der Waals surface area contributed by atoms with E-state index in [1.54, 1.807) is 24.3 Å². The summed E-state index contributed by atoms with van der Waals surface area (Å²) in [7, 11) is -3.81. The van der Waals surface area contributed by atoms with Crippen molar-refractivity contribution in [1.82, 2.24) is 0 Å². The molecule has 0 aliphatic heterocycles. The van der Waals surface area contributed by atoms with Crippen molar-refractivity contribution in [3.05, 3.63) is 56.6 Å². The second-order valence-electron chi connectivity index (χ2n) is 4.16. The molecular formula is C13H10ClIN2O3S. The molecule has 0 aliphatic carbocycles. The number of carbonyl (C=O) groups excluding carboxylic acids is 1. The first-order valence-corrected chi connectivity index (χ1v) is 8.67. The summed E-state index contributed by atoms with van der Waals surface area (Å²) in [5.74, 6) is -0.389. The maximum absolute atomic E-state index is 12.1. The number of primary sulfonamides is 1. The van der Waals surface area contributed by atoms with Gasteiger partial charge >= 0.3 is 0 Å². The van der Waals surface area contributed by atoms with Gasteiger partial charge in [0, 0.05) is 14.8 Å². The lowest BCUT2D eigenvalue weighted by atomic mass is 10.2. The zero-order chi connectivity index (χ0) is 15.6. The van der Waals surface area contributed by atoms with Crippen LogP contribution in [0.3, 0.4) is 0 Å². The van der Waals surface area contributed by atoms with Gasteiger partial charge in [-0.05, 0) is 59.0 Å². The molecule has 110 valence electrons. The normalized spacial score (nSPS) is 11.2. The summed E-state index contributed by atoms with van der Waals surface area (Å²) >= 11 is 8.02. The van der Waals surface area contributed by atoms with E-state index in [1.165, 1.54) is 18.2 Å². The minimum Gasteiger partial charge on any atom is -0.322 e. The number of anilines is 1. The smallest absolute Gasteiger partial charge is 0.255 e. The number of rotatable bonds is 3. The van der Waals surface area contributed by atoms with Crippen molar-refractivity contribution in [2.24, 2.45) is 5.14 Å². The molecule has 5 nitrogen and oxygen atoms in total. The van der Waals surface area contributed by atoms with Gasteiger partial charge in [-0.3, -0.25) is 4.79 Å². The van der Waals surface area contributed by atoms with E-state index in [-0.39, 0.29) is 10.8 Å². The van der Waals surface area contributed by atoms with Crippen LogP contribution in [0.1, 0.15) is 10.4 Å². The molecular weight excluding hydrogens is 427 g/mol. The minimum absolute atomic E-state index is 0.0686. The van der Waals surface area contributed by atoms with E-state index in [2.05, 4.69) is 27.9 Å². The third kappa shape index (κ3) is 4.16. The molecule has 0 atom stereocenters. The molecule has 0 bridgehead atoms. The van der Waals surface area contributed by atoms with Gasteiger partial charge in [-0.2, -0.15) is 0 Å². The highest BCUT2D eigenvalue weighted by molar-refractivity contribution is 14.1. The molecule has 21 heavy (non-hydrogen) atoms. The Morgan fingerprint density at radius 1 is 1.19 bits per heavy atom. The molecule has 3 N–H and O–H groups in total. The Morgan fingerprint density at radius 3 is 2.52 bits per heavy atom. The summed E-state index contributed by atoms with van der Waals surface area (Å²) in [6.45, 7) is 0. The Labute approximate surface area is 140 Å². The highest BCUT2D eigenvalue weighted by Crippen LogP contribution is 2.21. The van der Waals surface area contributed by atoms with Crippen LogP contribution in [-0.2, 0) is 10.0 Å². The van der Waals surface area contributed by atoms with E-state index in [0.717, 1.165) is 3.57 Å². The van der Waals surface area contributed by atoms with Crippen LogP contribution in [0.5, 0.6) is 0 Å². The molecule has 0 aromatic heterocycles. The van der Waals surface area contributed by atoms with Gasteiger partial charge in [-0.25, -0.2) is 13.6 Å². The molecule has 0 radical (unpaired) electrons. The largest absolute Gasteiger partial charge is 0.322 e. The third-order valence-corrected chi connectivity index (χ3v) is 5.09. The van der Waals surface area contributed by atoms with Gasteiger partial charge in [-0.15, -0.1) is 0 Å². The first kappa shape index (κ1) is 16.2. The summed E-state index contributed by atoms with van der Waals surface area (Å²) in [6, 6.07) is 10.6. The van der Waals surface area contributed by atoms with E-state index >= 15 is 0 Å². The number of sulfonamides is 1. The van der Waals surface area contributed by atoms with E-state index in [4.69, 9.17) is 16.7 Å². The summed E-state index contributed by atoms with van der Waals surface area (Å²) in [4.78, 5) is 12.0. The first-order chi connectivity index (χ1) is 9.77. The minimum atomic E-state index is -3.81. The van der Waals surface area contributed by atoms with Gasteiger partial charge in [-0.1, -0.05) is 17.7 Å². The summed E-state index contributed by atoms with van der Waals surface area (Å²) in [5.41, 5.74) is 0.711. The average Bonchev–Trinajstić information content (AvgIpc) is 2.41. The Hall–Kier alpha value is -1.16. The van der Waals surface area contributed by atoms with Crippen molar-refractivity contribution < 1.29 is 13.2 Å². The number of hydrogen-bond donors (Lipinski definition) is 2. The lowest BCUT2D eigenvalue weighted by Gasteiger charge is -2.07. The van der Waals surface area contributed by atoms with Crippen molar-refractivity contribution in [2.45, 2.75) is 4.90 Å². The van der Waals surface area contributed by atoms with Crippen molar-refractivity contribution in [3.63, 3.8) is 0 Å². The van der Waals surface area contributed by atoms with Crippen molar-refractivity contribution in [3.8, 4) is 0 Å². The summed E-state index contributed by atoms with van der Waals surface area (Å²) < 4.78 is 23.4. The lowest BCUT2D eigenvalue weighted by Crippen LogP contribution is -2.14. The van der Waals surface area contributed by atoms with E-state index in [0.29, 0.717) is 16.3 Å². The van der Waals surface area contributed by atoms with Gasteiger partial charge < -0.3 is 5.32 Å². The average molecular weight is 437 g/mol. The van der Waals surface area contributed by atoms with Crippen LogP contribution in [0.2, 0.25) is 5.02 Å². The SMILES string of the molecule is NS(=O)(=O)c1cccc(NC(=O)c2ccc(I)c(Cl)c2)c1. The van der Waals surface area contributed by atoms with Crippen LogP contribution < -0.4 is 10.5 Å². The molecule has 0 heterocycles. The standard InChI is InChI=1S/C13H10ClIN2O3S/c14-11-6-8(4-5-12(11)15)13(18)17-9-2-1-3-10(7-9)21(16,19)20/h1-7H,(H,17,18)(H2,16,19,20). The van der Waals surface area contributed by atoms with Gasteiger partial charge in [0.2, 0.25) is 10.0 Å². The number of halogens is 2. The topological polar surface area (TPSA) is 89.3 Å². The molecule has 0 aliphatic rings. The van der Waals surface area contributed by atoms with Crippen molar-refractivity contribution in [2.75, 3.05) is 5.32 Å². The van der Waals surface area contributed by atoms with Crippen molar-refractivity contribution in [1.29, 1.82) is 0 Å². The predicted molar refractivity (Wildman–Crippen MR) is 89.9 cm³/mol. The third-order valence-electron chi connectivity index (χ3n) is 2.60. The fourth-order valence-electron chi connectivity index (χ4n) is 1.59. The molecule has 2 rings (SSSR count). The summed E-state index contributed by atoms with van der Waals surface area (Å²) in [5, 5.41) is 8.12. The van der Waals surface area contributed by atoms with Crippen LogP contribution in [0.25, 0.3) is 0 Å². The highest BCUT2D eigenvalue weighted by Gasteiger charge is 2.11. The number of nitrogens with two attached hydrogens (primary N) is 1. The molecule has 0 spiro atoms. The van der Waals surface area contributed by atoms with Crippen LogP contribution in [-0.4, -0.2) is 14.3 Å². The van der Waals surface area contributed by atoms with Gasteiger partial charge in [0.15, 0.2) is 0 Å². The number of nitrogens with one attached hydrogen (secondary N) is 1. The van der Waals surface area contributed by atoms with Gasteiger partial charge in [0.05, 0.1) is 9.92 Å². The second-order valence-corrected chi connectivity index (χ2v) is 7.29. The molecule has 0 fully saturated rings. The van der Waals surface area contributed by atoms with Gasteiger partial charge in [0.1, 0.15) is 0 Å². The van der Waals surface area contributed by atoms with Crippen LogP contribution >= 0.6 is 34.2 Å². The monoisotopic (exact) mass is 436 g/mol. The molecule has 0 unspecified atom stereocenters. The van der Waals surface area contributed by atoms with Crippen LogP contribution in [0.15, 0.2) is 47.4 Å². The molecule has 2 aromatic carbocycles. The zero-order valence-electron chi connectivity index (χ0n) is 10.5. The molecule has 0 saturated carbocycles. The molecule has 1 amide bonds. The quantitative estimate of drug-likeness (QED) is 0.725. The fraction of sp³-hybridized carbons (Fsp3) is 0.